The van der Waals surface area contributed by atoms with Crippen molar-refractivity contribution in [1.29, 1.82) is 0 Å². The number of rotatable bonds is 10. The molecule has 1 saturated heterocycles. The average molecular weight is 601 g/mol. The van der Waals surface area contributed by atoms with Crippen LogP contribution in [0.25, 0.3) is 11.1 Å². The van der Waals surface area contributed by atoms with Gasteiger partial charge in [-0.3, -0.25) is 0 Å². The average Bonchev–Trinajstić information content (AvgIpc) is 3.62. The molecule has 0 radical (unpaired) electrons. The summed E-state index contributed by atoms with van der Waals surface area (Å²) < 4.78 is 39.9. The number of ether oxygens (including phenoxy) is 2. The fraction of sp³-hybridized carbons (Fsp3) is 0.286. The number of hydrogen-bond acceptors (Lipinski definition) is 5. The Kier molecular flexibility index (Phi) is 8.95. The van der Waals surface area contributed by atoms with E-state index in [9.17, 15) is 13.6 Å². The van der Waals surface area contributed by atoms with Gasteiger partial charge in [0, 0.05) is 41.6 Å². The number of carbonyl (C=O) groups is 1. The Balaban J connectivity index is 1.13. The zero-order valence-electron chi connectivity index (χ0n) is 24.0. The number of nitrogens with one attached hydrogen (secondary N) is 1. The molecule has 8 heteroatoms. The van der Waals surface area contributed by atoms with Crippen LogP contribution in [0.5, 0.6) is 5.75 Å². The highest BCUT2D eigenvalue weighted by molar-refractivity contribution is 7.99. The molecule has 6 rings (SSSR count). The van der Waals surface area contributed by atoms with Crippen LogP contribution >= 0.6 is 11.8 Å². The number of benzene rings is 4. The maximum absolute atomic E-state index is 14.7. The van der Waals surface area contributed by atoms with E-state index >= 15 is 0 Å². The topological polar surface area (TPSA) is 50.8 Å². The summed E-state index contributed by atoms with van der Waals surface area (Å²) in [5, 5.41) is 3.89. The molecule has 4 aromatic rings. The largest absolute Gasteiger partial charge is 0.497 e. The number of methoxy groups -OCH3 is 1. The fourth-order valence-corrected chi connectivity index (χ4v) is 7.21. The van der Waals surface area contributed by atoms with Gasteiger partial charge in [-0.1, -0.05) is 60.7 Å². The number of amides is 1. The molecule has 4 aromatic carbocycles. The third kappa shape index (κ3) is 6.71. The summed E-state index contributed by atoms with van der Waals surface area (Å²) in [4.78, 5) is 15.1. The lowest BCUT2D eigenvalue weighted by molar-refractivity contribution is 0.0936. The first-order valence-electron chi connectivity index (χ1n) is 14.5. The molecule has 43 heavy (non-hydrogen) atoms. The minimum atomic E-state index is -0.551. The van der Waals surface area contributed by atoms with E-state index in [4.69, 9.17) is 9.47 Å². The van der Waals surface area contributed by atoms with E-state index in [2.05, 4.69) is 41.7 Å². The second-order valence-corrected chi connectivity index (χ2v) is 12.3. The molecular weight excluding hydrogens is 566 g/mol. The van der Waals surface area contributed by atoms with Crippen LogP contribution in [0.3, 0.4) is 0 Å². The smallest absolute Gasteiger partial charge is 0.410 e. The van der Waals surface area contributed by atoms with Gasteiger partial charge in [-0.15, -0.1) is 0 Å². The van der Waals surface area contributed by atoms with Crippen LogP contribution < -0.4 is 10.1 Å². The zero-order chi connectivity index (χ0) is 29.8. The van der Waals surface area contributed by atoms with E-state index in [1.165, 1.54) is 10.5 Å². The maximum Gasteiger partial charge on any atom is 0.410 e. The maximum atomic E-state index is 14.7. The van der Waals surface area contributed by atoms with E-state index in [-0.39, 0.29) is 30.7 Å². The summed E-state index contributed by atoms with van der Waals surface area (Å²) in [6.45, 7) is 1.21. The highest BCUT2D eigenvalue weighted by Gasteiger charge is 2.32. The number of hydrogen-bond donors (Lipinski definition) is 1. The van der Waals surface area contributed by atoms with E-state index in [0.29, 0.717) is 11.8 Å². The number of halogens is 2. The fourth-order valence-electron chi connectivity index (χ4n) is 6.01. The number of nitrogens with zero attached hydrogens (tertiary/aromatic N) is 1. The summed E-state index contributed by atoms with van der Waals surface area (Å²) in [6.07, 6.45) is 0.307. The van der Waals surface area contributed by atoms with Gasteiger partial charge >= 0.3 is 6.09 Å². The van der Waals surface area contributed by atoms with Gasteiger partial charge < -0.3 is 19.7 Å². The monoisotopic (exact) mass is 600 g/mol. The van der Waals surface area contributed by atoms with Crippen molar-refractivity contribution in [1.82, 2.24) is 10.2 Å². The SMILES string of the molecule is COc1ccc(CSC2CNC(CN(Cc3cc(F)ccc3F)C(=O)OCC3c4ccccc4-c4ccccc43)C2)cc1. The third-order valence-corrected chi connectivity index (χ3v) is 9.56. The minimum Gasteiger partial charge on any atom is -0.497 e. The van der Waals surface area contributed by atoms with Gasteiger partial charge in [-0.25, -0.2) is 13.6 Å². The second kappa shape index (κ2) is 13.2. The normalized spacial score (nSPS) is 17.4. The lowest BCUT2D eigenvalue weighted by atomic mass is 9.98. The van der Waals surface area contributed by atoms with Gasteiger partial charge in [-0.2, -0.15) is 11.8 Å². The Morgan fingerprint density at radius 1 is 0.953 bits per heavy atom. The highest BCUT2D eigenvalue weighted by Crippen LogP contribution is 2.44. The Bertz CT molecular complexity index is 1540. The number of thioether (sulfide) groups is 1. The molecule has 2 unspecified atom stereocenters. The predicted octanol–water partition coefficient (Wildman–Crippen LogP) is 7.39. The van der Waals surface area contributed by atoms with Crippen molar-refractivity contribution in [2.75, 3.05) is 26.8 Å². The Morgan fingerprint density at radius 2 is 1.65 bits per heavy atom. The summed E-state index contributed by atoms with van der Waals surface area (Å²) in [6, 6.07) is 27.7. The first-order chi connectivity index (χ1) is 21.0. The van der Waals surface area contributed by atoms with Crippen LogP contribution in [-0.4, -0.2) is 49.1 Å². The van der Waals surface area contributed by atoms with Gasteiger partial charge in [0.25, 0.3) is 0 Å². The molecule has 5 nitrogen and oxygen atoms in total. The summed E-state index contributed by atoms with van der Waals surface area (Å²) in [5.74, 6) is 0.517. The van der Waals surface area contributed by atoms with Crippen molar-refractivity contribution in [3.05, 3.63) is 125 Å². The molecule has 1 amide bonds. The summed E-state index contributed by atoms with van der Waals surface area (Å²) >= 11 is 1.86. The lowest BCUT2D eigenvalue weighted by Gasteiger charge is -2.26. The molecule has 1 fully saturated rings. The van der Waals surface area contributed by atoms with Crippen LogP contribution in [0.2, 0.25) is 0 Å². The Hall–Kier alpha value is -3.88. The minimum absolute atomic E-state index is 0.00507. The highest BCUT2D eigenvalue weighted by atomic mass is 32.2. The number of fused-ring (bicyclic) bond motifs is 3. The standard InChI is InChI=1S/C35H34F2N2O3S/c1-41-27-13-10-23(11-14-27)22-43-28-17-26(38-18-28)20-39(19-24-16-25(36)12-15-34(24)37)35(40)42-21-33-31-8-4-2-6-29(31)30-7-3-5-9-32(30)33/h2-16,26,28,33,38H,17-22H2,1H3. The summed E-state index contributed by atoms with van der Waals surface area (Å²) in [5.41, 5.74) is 5.87. The van der Waals surface area contributed by atoms with Crippen LogP contribution in [0.15, 0.2) is 91.0 Å². The van der Waals surface area contributed by atoms with Crippen molar-refractivity contribution in [3.63, 3.8) is 0 Å². The van der Waals surface area contributed by atoms with Crippen molar-refractivity contribution in [3.8, 4) is 16.9 Å². The third-order valence-electron chi connectivity index (χ3n) is 8.23. The predicted molar refractivity (Wildman–Crippen MR) is 166 cm³/mol. The van der Waals surface area contributed by atoms with Gasteiger partial charge in [-0.05, 0) is 64.6 Å². The van der Waals surface area contributed by atoms with E-state index in [0.717, 1.165) is 64.9 Å². The molecule has 0 bridgehead atoms. The molecule has 1 aliphatic heterocycles. The van der Waals surface area contributed by atoms with E-state index in [1.807, 2.05) is 48.2 Å². The van der Waals surface area contributed by atoms with E-state index in [1.54, 1.807) is 7.11 Å². The molecule has 0 saturated carbocycles. The molecule has 2 atom stereocenters. The number of carbonyl (C=O) groups excluding carboxylic acids is 1. The lowest BCUT2D eigenvalue weighted by Crippen LogP contribution is -2.41. The summed E-state index contributed by atoms with van der Waals surface area (Å²) in [7, 11) is 1.66. The quantitative estimate of drug-likeness (QED) is 0.206. The molecule has 222 valence electrons. The van der Waals surface area contributed by atoms with Crippen LogP contribution in [-0.2, 0) is 17.0 Å². The first kappa shape index (κ1) is 29.2. The van der Waals surface area contributed by atoms with Crippen molar-refractivity contribution in [2.24, 2.45) is 0 Å². The van der Waals surface area contributed by atoms with Gasteiger partial charge in [0.1, 0.15) is 24.0 Å². The Morgan fingerprint density at radius 3 is 2.35 bits per heavy atom. The molecular formula is C35H34F2N2O3S. The van der Waals surface area contributed by atoms with Gasteiger partial charge in [0.15, 0.2) is 0 Å². The second-order valence-electron chi connectivity index (χ2n) is 11.0. The van der Waals surface area contributed by atoms with Crippen molar-refractivity contribution >= 4 is 17.9 Å². The molecule has 1 heterocycles. The van der Waals surface area contributed by atoms with Crippen LogP contribution in [0.4, 0.5) is 13.6 Å². The van der Waals surface area contributed by atoms with E-state index < -0.39 is 17.7 Å². The molecule has 2 aliphatic rings. The zero-order valence-corrected chi connectivity index (χ0v) is 24.8. The Labute approximate surface area is 255 Å². The van der Waals surface area contributed by atoms with Crippen LogP contribution in [0.1, 0.15) is 34.6 Å². The molecule has 0 aromatic heterocycles. The van der Waals surface area contributed by atoms with Crippen molar-refractivity contribution in [2.45, 2.75) is 35.9 Å². The van der Waals surface area contributed by atoms with Crippen LogP contribution in [0, 0.1) is 11.6 Å². The molecule has 0 spiro atoms. The van der Waals surface area contributed by atoms with Gasteiger partial charge in [0.05, 0.1) is 13.7 Å². The molecule has 1 N–H and O–H groups in total. The molecule has 1 aliphatic carbocycles. The van der Waals surface area contributed by atoms with Crippen molar-refractivity contribution < 1.29 is 23.0 Å². The van der Waals surface area contributed by atoms with Gasteiger partial charge in [0.2, 0.25) is 0 Å². The first-order valence-corrected chi connectivity index (χ1v) is 15.5.